The van der Waals surface area contributed by atoms with Crippen LogP contribution in [0.2, 0.25) is 0 Å². The molecule has 1 heterocycles. The number of aryl methyl sites for hydroxylation is 1. The van der Waals surface area contributed by atoms with Gasteiger partial charge in [0.05, 0.1) is 9.79 Å². The molecule has 0 unspecified atom stereocenters. The molecule has 1 aliphatic heterocycles. The molecule has 1 N–H and O–H groups in total. The molecule has 0 aromatic heterocycles. The second kappa shape index (κ2) is 6.22. The summed E-state index contributed by atoms with van der Waals surface area (Å²) in [4.78, 5) is 0.473. The molecule has 0 bridgehead atoms. The van der Waals surface area contributed by atoms with E-state index in [-0.39, 0.29) is 15.9 Å². The standard InChI is InChI=1S/C17H19NO4S/c1-12-3-5-14(6-4-12)23(19,20)15-7-8-16-17(9-15)22-13(10-18-2)11-21-16/h3-9,13,18H,10-11H2,1-2H3/t13-/m0/s1. The number of ether oxygens (including phenoxy) is 2. The summed E-state index contributed by atoms with van der Waals surface area (Å²) in [6.07, 6.45) is -0.134. The third-order valence-electron chi connectivity index (χ3n) is 3.71. The van der Waals surface area contributed by atoms with Gasteiger partial charge in [0.15, 0.2) is 11.5 Å². The summed E-state index contributed by atoms with van der Waals surface area (Å²) < 4.78 is 36.9. The van der Waals surface area contributed by atoms with Gasteiger partial charge in [-0.05, 0) is 38.2 Å². The van der Waals surface area contributed by atoms with Gasteiger partial charge in [-0.25, -0.2) is 8.42 Å². The molecule has 0 spiro atoms. The first-order valence-corrected chi connectivity index (χ1v) is 8.89. The van der Waals surface area contributed by atoms with E-state index in [1.165, 1.54) is 6.07 Å². The number of benzene rings is 2. The predicted octanol–water partition coefficient (Wildman–Crippen LogP) is 2.19. The zero-order chi connectivity index (χ0) is 16.4. The fourth-order valence-electron chi connectivity index (χ4n) is 2.44. The second-order valence-electron chi connectivity index (χ2n) is 5.53. The molecular weight excluding hydrogens is 314 g/mol. The van der Waals surface area contributed by atoms with E-state index in [1.807, 2.05) is 14.0 Å². The minimum atomic E-state index is -3.57. The highest BCUT2D eigenvalue weighted by atomic mass is 32.2. The quantitative estimate of drug-likeness (QED) is 0.929. The van der Waals surface area contributed by atoms with Crippen molar-refractivity contribution in [3.05, 3.63) is 48.0 Å². The van der Waals surface area contributed by atoms with Gasteiger partial charge >= 0.3 is 0 Å². The Hall–Kier alpha value is -2.05. The Morgan fingerprint density at radius 1 is 1.09 bits per heavy atom. The zero-order valence-electron chi connectivity index (χ0n) is 13.1. The Morgan fingerprint density at radius 2 is 1.78 bits per heavy atom. The van der Waals surface area contributed by atoms with Gasteiger partial charge in [0.25, 0.3) is 0 Å². The minimum absolute atomic E-state index is 0.134. The van der Waals surface area contributed by atoms with Crippen molar-refractivity contribution in [2.75, 3.05) is 20.2 Å². The first-order valence-electron chi connectivity index (χ1n) is 7.40. The molecule has 2 aromatic rings. The Balaban J connectivity index is 1.95. The summed E-state index contributed by atoms with van der Waals surface area (Å²) in [5, 5.41) is 3.02. The number of hydrogen-bond acceptors (Lipinski definition) is 5. The monoisotopic (exact) mass is 333 g/mol. The molecule has 0 saturated carbocycles. The topological polar surface area (TPSA) is 64.6 Å². The number of nitrogens with one attached hydrogen (secondary N) is 1. The Bertz CT molecular complexity index is 800. The van der Waals surface area contributed by atoms with Crippen molar-refractivity contribution in [2.45, 2.75) is 22.8 Å². The summed E-state index contributed by atoms with van der Waals surface area (Å²) in [7, 11) is -1.74. The van der Waals surface area contributed by atoms with Crippen molar-refractivity contribution >= 4 is 9.84 Å². The van der Waals surface area contributed by atoms with Gasteiger partial charge in [0.2, 0.25) is 9.84 Å². The molecule has 5 nitrogen and oxygen atoms in total. The lowest BCUT2D eigenvalue weighted by molar-refractivity contribution is 0.0915. The van der Waals surface area contributed by atoms with Gasteiger partial charge in [-0.1, -0.05) is 17.7 Å². The highest BCUT2D eigenvalue weighted by Gasteiger charge is 2.24. The highest BCUT2D eigenvalue weighted by Crippen LogP contribution is 2.35. The molecule has 6 heteroatoms. The van der Waals surface area contributed by atoms with Crippen LogP contribution < -0.4 is 14.8 Å². The maximum absolute atomic E-state index is 12.7. The number of hydrogen-bond donors (Lipinski definition) is 1. The second-order valence-corrected chi connectivity index (χ2v) is 7.48. The average molecular weight is 333 g/mol. The first kappa shape index (κ1) is 15.8. The molecule has 2 aromatic carbocycles. The van der Waals surface area contributed by atoms with E-state index in [2.05, 4.69) is 5.32 Å². The molecule has 23 heavy (non-hydrogen) atoms. The molecule has 0 radical (unpaired) electrons. The minimum Gasteiger partial charge on any atom is -0.486 e. The van der Waals surface area contributed by atoms with Crippen LogP contribution >= 0.6 is 0 Å². The van der Waals surface area contributed by atoms with E-state index < -0.39 is 9.84 Å². The lowest BCUT2D eigenvalue weighted by Gasteiger charge is -2.26. The lowest BCUT2D eigenvalue weighted by atomic mass is 10.2. The summed E-state index contributed by atoms with van der Waals surface area (Å²) in [6, 6.07) is 11.5. The average Bonchev–Trinajstić information content (AvgIpc) is 2.55. The van der Waals surface area contributed by atoms with Crippen LogP contribution in [0.1, 0.15) is 5.56 Å². The lowest BCUT2D eigenvalue weighted by Crippen LogP contribution is -2.37. The van der Waals surface area contributed by atoms with Crippen LogP contribution in [0.3, 0.4) is 0 Å². The summed E-state index contributed by atoms with van der Waals surface area (Å²) >= 11 is 0. The first-order chi connectivity index (χ1) is 11.0. The molecule has 0 saturated heterocycles. The number of sulfone groups is 1. The van der Waals surface area contributed by atoms with E-state index in [0.29, 0.717) is 24.7 Å². The molecule has 0 aliphatic carbocycles. The molecule has 0 fully saturated rings. The molecule has 122 valence electrons. The van der Waals surface area contributed by atoms with E-state index in [0.717, 1.165) is 5.56 Å². The molecule has 1 aliphatic rings. The van der Waals surface area contributed by atoms with Crippen LogP contribution in [0.5, 0.6) is 11.5 Å². The van der Waals surface area contributed by atoms with E-state index in [9.17, 15) is 8.42 Å². The van der Waals surface area contributed by atoms with Gasteiger partial charge in [-0.2, -0.15) is 0 Å². The summed E-state index contributed by atoms with van der Waals surface area (Å²) in [6.45, 7) is 2.99. The van der Waals surface area contributed by atoms with E-state index in [1.54, 1.807) is 36.4 Å². The normalized spacial score (nSPS) is 17.0. The fourth-order valence-corrected chi connectivity index (χ4v) is 3.72. The van der Waals surface area contributed by atoms with Crippen molar-refractivity contribution < 1.29 is 17.9 Å². The van der Waals surface area contributed by atoms with Crippen LogP contribution in [0.15, 0.2) is 52.3 Å². The van der Waals surface area contributed by atoms with Crippen LogP contribution in [0.4, 0.5) is 0 Å². The third kappa shape index (κ3) is 3.18. The smallest absolute Gasteiger partial charge is 0.206 e. The Labute approximate surface area is 136 Å². The molecule has 0 amide bonds. The number of likely N-dealkylation sites (N-methyl/N-ethyl adjacent to an activating group) is 1. The summed E-state index contributed by atoms with van der Waals surface area (Å²) in [5.74, 6) is 1.03. The van der Waals surface area contributed by atoms with Crippen LogP contribution in [0, 0.1) is 6.92 Å². The molecule has 1 atom stereocenters. The molecule has 3 rings (SSSR count). The number of fused-ring (bicyclic) bond motifs is 1. The van der Waals surface area contributed by atoms with Gasteiger partial charge in [0, 0.05) is 12.6 Å². The van der Waals surface area contributed by atoms with Crippen molar-refractivity contribution in [1.82, 2.24) is 5.32 Å². The Morgan fingerprint density at radius 3 is 2.48 bits per heavy atom. The Kier molecular flexibility index (Phi) is 4.28. The van der Waals surface area contributed by atoms with Crippen molar-refractivity contribution in [1.29, 1.82) is 0 Å². The maximum Gasteiger partial charge on any atom is 0.206 e. The van der Waals surface area contributed by atoms with Gasteiger partial charge in [-0.3, -0.25) is 0 Å². The van der Waals surface area contributed by atoms with E-state index in [4.69, 9.17) is 9.47 Å². The van der Waals surface area contributed by atoms with Crippen molar-refractivity contribution in [3.8, 4) is 11.5 Å². The van der Waals surface area contributed by atoms with Crippen molar-refractivity contribution in [2.24, 2.45) is 0 Å². The maximum atomic E-state index is 12.7. The fraction of sp³-hybridized carbons (Fsp3) is 0.294. The SMILES string of the molecule is CNC[C@H]1COc2ccc(S(=O)(=O)c3ccc(C)cc3)cc2O1. The van der Waals surface area contributed by atoms with Crippen molar-refractivity contribution in [3.63, 3.8) is 0 Å². The number of rotatable bonds is 4. The van der Waals surface area contributed by atoms with Crippen LogP contribution in [-0.4, -0.2) is 34.7 Å². The zero-order valence-corrected chi connectivity index (χ0v) is 13.9. The summed E-state index contributed by atoms with van der Waals surface area (Å²) in [5.41, 5.74) is 1.01. The van der Waals surface area contributed by atoms with Gasteiger partial charge in [-0.15, -0.1) is 0 Å². The largest absolute Gasteiger partial charge is 0.486 e. The van der Waals surface area contributed by atoms with Gasteiger partial charge < -0.3 is 14.8 Å². The van der Waals surface area contributed by atoms with Crippen LogP contribution in [-0.2, 0) is 9.84 Å². The van der Waals surface area contributed by atoms with Gasteiger partial charge in [0.1, 0.15) is 12.7 Å². The third-order valence-corrected chi connectivity index (χ3v) is 5.47. The highest BCUT2D eigenvalue weighted by molar-refractivity contribution is 7.91. The van der Waals surface area contributed by atoms with Crippen LogP contribution in [0.25, 0.3) is 0 Å². The predicted molar refractivity (Wildman–Crippen MR) is 86.9 cm³/mol. The van der Waals surface area contributed by atoms with E-state index >= 15 is 0 Å². The molecular formula is C17H19NO4S.